The van der Waals surface area contributed by atoms with E-state index >= 15 is 0 Å². The molecule has 0 bridgehead atoms. The lowest BCUT2D eigenvalue weighted by atomic mass is 9.97. The molecule has 2 N–H and O–H groups in total. The molecule has 70 valence electrons. The summed E-state index contributed by atoms with van der Waals surface area (Å²) in [6.07, 6.45) is 0.979. The topological polar surface area (TPSA) is 35.2 Å². The highest BCUT2D eigenvalue weighted by atomic mass is 35.5. The number of benzene rings is 1. The van der Waals surface area contributed by atoms with Crippen LogP contribution in [0.3, 0.4) is 0 Å². The minimum atomic E-state index is 0.436. The van der Waals surface area contributed by atoms with E-state index in [1.807, 2.05) is 18.2 Å². The van der Waals surface area contributed by atoms with Crippen LogP contribution in [0.5, 0.6) is 5.75 Å². The Morgan fingerprint density at radius 2 is 2.38 bits per heavy atom. The molecule has 0 amide bonds. The molecule has 13 heavy (non-hydrogen) atoms. The molecule has 2 nitrogen and oxygen atoms in total. The van der Waals surface area contributed by atoms with Gasteiger partial charge in [0.15, 0.2) is 0 Å². The average molecular weight is 198 g/mol. The highest BCUT2D eigenvalue weighted by Crippen LogP contribution is 2.29. The quantitative estimate of drug-likeness (QED) is 0.746. The molecule has 0 aliphatic carbocycles. The first-order valence-electron chi connectivity index (χ1n) is 4.41. The smallest absolute Gasteiger partial charge is 0.122 e. The maximum Gasteiger partial charge on any atom is 0.122 e. The number of rotatable bonds is 1. The molecule has 3 heteroatoms. The Morgan fingerprint density at radius 3 is 3.15 bits per heavy atom. The number of hydrogen-bond donors (Lipinski definition) is 1. The van der Waals surface area contributed by atoms with Gasteiger partial charge in [0.2, 0.25) is 0 Å². The third kappa shape index (κ3) is 1.79. The van der Waals surface area contributed by atoms with E-state index in [4.69, 9.17) is 22.1 Å². The van der Waals surface area contributed by atoms with Gasteiger partial charge < -0.3 is 10.5 Å². The van der Waals surface area contributed by atoms with E-state index in [1.165, 1.54) is 5.56 Å². The van der Waals surface area contributed by atoms with Crippen molar-refractivity contribution < 1.29 is 4.74 Å². The molecule has 0 fully saturated rings. The van der Waals surface area contributed by atoms with E-state index in [9.17, 15) is 0 Å². The fraction of sp³-hybridized carbons (Fsp3) is 0.400. The Balaban J connectivity index is 2.27. The largest absolute Gasteiger partial charge is 0.493 e. The molecule has 0 saturated carbocycles. The first kappa shape index (κ1) is 8.85. The fourth-order valence-corrected chi connectivity index (χ4v) is 1.77. The Morgan fingerprint density at radius 1 is 1.54 bits per heavy atom. The molecule has 1 aromatic carbocycles. The average Bonchev–Trinajstić information content (AvgIpc) is 2.16. The van der Waals surface area contributed by atoms with Gasteiger partial charge in [-0.2, -0.15) is 0 Å². The minimum Gasteiger partial charge on any atom is -0.493 e. The molecule has 1 aliphatic heterocycles. The predicted molar refractivity (Wildman–Crippen MR) is 53.2 cm³/mol. The van der Waals surface area contributed by atoms with Gasteiger partial charge in [-0.3, -0.25) is 0 Å². The molecule has 2 rings (SSSR count). The van der Waals surface area contributed by atoms with Crippen molar-refractivity contribution in [2.75, 3.05) is 13.2 Å². The van der Waals surface area contributed by atoms with Gasteiger partial charge in [-0.1, -0.05) is 11.6 Å². The highest BCUT2D eigenvalue weighted by Gasteiger charge is 2.18. The standard InChI is InChI=1S/C10H12ClNO/c11-9-1-2-10-8(4-9)3-7(5-12)6-13-10/h1-2,4,7H,3,5-6,12H2/t7-/m0/s1. The summed E-state index contributed by atoms with van der Waals surface area (Å²) >= 11 is 5.88. The zero-order chi connectivity index (χ0) is 9.26. The number of halogens is 1. The summed E-state index contributed by atoms with van der Waals surface area (Å²) in [6.45, 7) is 1.40. The minimum absolute atomic E-state index is 0.436. The molecule has 1 heterocycles. The lowest BCUT2D eigenvalue weighted by molar-refractivity contribution is 0.226. The Hall–Kier alpha value is -0.730. The van der Waals surface area contributed by atoms with Crippen LogP contribution in [0.15, 0.2) is 18.2 Å². The van der Waals surface area contributed by atoms with Crippen LogP contribution in [0, 0.1) is 5.92 Å². The molecule has 1 aromatic rings. The molecule has 0 saturated heterocycles. The molecular weight excluding hydrogens is 186 g/mol. The van der Waals surface area contributed by atoms with E-state index in [0.29, 0.717) is 12.5 Å². The summed E-state index contributed by atoms with van der Waals surface area (Å²) in [5, 5.41) is 0.764. The van der Waals surface area contributed by atoms with E-state index < -0.39 is 0 Å². The number of fused-ring (bicyclic) bond motifs is 1. The van der Waals surface area contributed by atoms with Gasteiger partial charge in [0.25, 0.3) is 0 Å². The van der Waals surface area contributed by atoms with Gasteiger partial charge in [-0.25, -0.2) is 0 Å². The van der Waals surface area contributed by atoms with Crippen LogP contribution in [0.2, 0.25) is 5.02 Å². The third-order valence-electron chi connectivity index (χ3n) is 2.34. The van der Waals surface area contributed by atoms with Crippen LogP contribution in [0.1, 0.15) is 5.56 Å². The molecule has 0 spiro atoms. The van der Waals surface area contributed by atoms with Gasteiger partial charge in [-0.15, -0.1) is 0 Å². The van der Waals surface area contributed by atoms with Crippen molar-refractivity contribution in [3.05, 3.63) is 28.8 Å². The lowest BCUT2D eigenvalue weighted by Crippen LogP contribution is -2.27. The zero-order valence-corrected chi connectivity index (χ0v) is 8.05. The van der Waals surface area contributed by atoms with Crippen LogP contribution < -0.4 is 10.5 Å². The van der Waals surface area contributed by atoms with Crippen LogP contribution in [-0.2, 0) is 6.42 Å². The number of ether oxygens (including phenoxy) is 1. The second kappa shape index (κ2) is 3.56. The van der Waals surface area contributed by atoms with Crippen LogP contribution >= 0.6 is 11.6 Å². The summed E-state index contributed by atoms with van der Waals surface area (Å²) in [5.41, 5.74) is 6.76. The SMILES string of the molecule is NC[C@H]1COc2ccc(Cl)cc2C1. The maximum atomic E-state index is 5.88. The van der Waals surface area contributed by atoms with Crippen molar-refractivity contribution in [1.29, 1.82) is 0 Å². The summed E-state index contributed by atoms with van der Waals surface area (Å²) in [7, 11) is 0. The van der Waals surface area contributed by atoms with E-state index in [0.717, 1.165) is 23.8 Å². The number of hydrogen-bond acceptors (Lipinski definition) is 2. The van der Waals surface area contributed by atoms with Crippen molar-refractivity contribution in [2.24, 2.45) is 11.7 Å². The lowest BCUT2D eigenvalue weighted by Gasteiger charge is -2.24. The predicted octanol–water partition coefficient (Wildman–Crippen LogP) is 1.85. The molecule has 1 aliphatic rings. The van der Waals surface area contributed by atoms with Gasteiger partial charge in [-0.05, 0) is 36.7 Å². The van der Waals surface area contributed by atoms with Crippen molar-refractivity contribution in [3.8, 4) is 5.75 Å². The van der Waals surface area contributed by atoms with Gasteiger partial charge >= 0.3 is 0 Å². The highest BCUT2D eigenvalue weighted by molar-refractivity contribution is 6.30. The Kier molecular flexibility index (Phi) is 2.42. The van der Waals surface area contributed by atoms with Gasteiger partial charge in [0, 0.05) is 10.9 Å². The monoisotopic (exact) mass is 197 g/mol. The normalized spacial score (nSPS) is 20.6. The van der Waals surface area contributed by atoms with Gasteiger partial charge in [0.05, 0.1) is 6.61 Å². The van der Waals surface area contributed by atoms with E-state index in [2.05, 4.69) is 0 Å². The number of nitrogens with two attached hydrogens (primary N) is 1. The molecule has 0 unspecified atom stereocenters. The van der Waals surface area contributed by atoms with Crippen LogP contribution in [-0.4, -0.2) is 13.2 Å². The Labute approximate surface area is 82.6 Å². The van der Waals surface area contributed by atoms with E-state index in [1.54, 1.807) is 0 Å². The first-order chi connectivity index (χ1) is 6.29. The summed E-state index contributed by atoms with van der Waals surface area (Å²) in [5.74, 6) is 1.39. The van der Waals surface area contributed by atoms with Crippen LogP contribution in [0.4, 0.5) is 0 Å². The van der Waals surface area contributed by atoms with Crippen molar-refractivity contribution in [1.82, 2.24) is 0 Å². The summed E-state index contributed by atoms with van der Waals surface area (Å²) < 4.78 is 5.54. The van der Waals surface area contributed by atoms with Crippen molar-refractivity contribution >= 4 is 11.6 Å². The van der Waals surface area contributed by atoms with Crippen molar-refractivity contribution in [2.45, 2.75) is 6.42 Å². The van der Waals surface area contributed by atoms with Crippen LogP contribution in [0.25, 0.3) is 0 Å². The van der Waals surface area contributed by atoms with E-state index in [-0.39, 0.29) is 0 Å². The second-order valence-electron chi connectivity index (χ2n) is 3.37. The molecular formula is C10H12ClNO. The molecule has 1 atom stereocenters. The molecule has 0 radical (unpaired) electrons. The first-order valence-corrected chi connectivity index (χ1v) is 4.78. The molecule has 0 aromatic heterocycles. The fourth-order valence-electron chi connectivity index (χ4n) is 1.58. The second-order valence-corrected chi connectivity index (χ2v) is 3.81. The third-order valence-corrected chi connectivity index (χ3v) is 2.57. The summed E-state index contributed by atoms with van der Waals surface area (Å²) in [6, 6.07) is 5.73. The maximum absolute atomic E-state index is 5.88. The summed E-state index contributed by atoms with van der Waals surface area (Å²) in [4.78, 5) is 0. The zero-order valence-electron chi connectivity index (χ0n) is 7.29. The van der Waals surface area contributed by atoms with Crippen molar-refractivity contribution in [3.63, 3.8) is 0 Å². The van der Waals surface area contributed by atoms with Gasteiger partial charge in [0.1, 0.15) is 5.75 Å². The Bertz CT molecular complexity index is 314.